The van der Waals surface area contributed by atoms with E-state index < -0.39 is 23.0 Å². The topological polar surface area (TPSA) is 72.8 Å². The van der Waals surface area contributed by atoms with Crippen molar-refractivity contribution in [2.24, 2.45) is 11.3 Å². The summed E-state index contributed by atoms with van der Waals surface area (Å²) in [7, 11) is 2.51. The van der Waals surface area contributed by atoms with Crippen LogP contribution in [-0.2, 0) is 19.1 Å². The van der Waals surface area contributed by atoms with Crippen molar-refractivity contribution in [3.8, 4) is 0 Å². The van der Waals surface area contributed by atoms with Gasteiger partial charge in [-0.3, -0.25) is 9.59 Å². The maximum atomic E-state index is 11.8. The normalized spacial score (nSPS) is 23.1. The summed E-state index contributed by atoms with van der Waals surface area (Å²) in [5.74, 6) is -1.42. The first-order chi connectivity index (χ1) is 9.34. The van der Waals surface area contributed by atoms with Gasteiger partial charge in [0.1, 0.15) is 0 Å². The molecule has 0 amide bonds. The van der Waals surface area contributed by atoms with Crippen molar-refractivity contribution >= 4 is 11.9 Å². The first kappa shape index (κ1) is 16.7. The highest BCUT2D eigenvalue weighted by Gasteiger charge is 2.66. The van der Waals surface area contributed by atoms with E-state index in [1.165, 1.54) is 14.2 Å². The van der Waals surface area contributed by atoms with Crippen LogP contribution in [0.5, 0.6) is 0 Å². The largest absolute Gasteiger partial charge is 0.468 e. The third kappa shape index (κ3) is 3.39. The van der Waals surface area contributed by atoms with Gasteiger partial charge in [0.2, 0.25) is 0 Å². The SMILES string of the molecule is CCCCC(C)(O)C=CC1CC1(C(=O)OC)C(=O)OC. The molecule has 0 radical (unpaired) electrons. The highest BCUT2D eigenvalue weighted by Crippen LogP contribution is 2.55. The molecule has 0 spiro atoms. The molecule has 2 unspecified atom stereocenters. The molecule has 5 heteroatoms. The van der Waals surface area contributed by atoms with E-state index >= 15 is 0 Å². The quantitative estimate of drug-likeness (QED) is 0.439. The van der Waals surface area contributed by atoms with Gasteiger partial charge in [0.25, 0.3) is 0 Å². The van der Waals surface area contributed by atoms with Crippen molar-refractivity contribution in [2.45, 2.75) is 45.1 Å². The maximum Gasteiger partial charge on any atom is 0.323 e. The van der Waals surface area contributed by atoms with E-state index in [0.717, 1.165) is 12.8 Å². The zero-order chi connectivity index (χ0) is 15.4. The molecule has 1 N–H and O–H groups in total. The van der Waals surface area contributed by atoms with Crippen LogP contribution >= 0.6 is 0 Å². The average molecular weight is 284 g/mol. The molecule has 5 nitrogen and oxygen atoms in total. The fourth-order valence-corrected chi connectivity index (χ4v) is 2.38. The lowest BCUT2D eigenvalue weighted by molar-refractivity contribution is -0.161. The molecule has 0 aliphatic heterocycles. The van der Waals surface area contributed by atoms with Crippen molar-refractivity contribution < 1.29 is 24.2 Å². The molecule has 1 rings (SSSR count). The number of hydrogen-bond donors (Lipinski definition) is 1. The molecular formula is C15H24O5. The monoisotopic (exact) mass is 284 g/mol. The Morgan fingerprint density at radius 3 is 2.35 bits per heavy atom. The van der Waals surface area contributed by atoms with Gasteiger partial charge < -0.3 is 14.6 Å². The molecule has 114 valence electrons. The second-order valence-electron chi connectivity index (χ2n) is 5.58. The van der Waals surface area contributed by atoms with E-state index in [0.29, 0.717) is 12.8 Å². The number of carbonyl (C=O) groups is 2. The van der Waals surface area contributed by atoms with Crippen LogP contribution in [0.3, 0.4) is 0 Å². The van der Waals surface area contributed by atoms with E-state index in [2.05, 4.69) is 6.92 Å². The van der Waals surface area contributed by atoms with Crippen molar-refractivity contribution in [1.82, 2.24) is 0 Å². The Bertz CT molecular complexity index is 381. The summed E-state index contributed by atoms with van der Waals surface area (Å²) in [6, 6.07) is 0. The Kier molecular flexibility index (Phi) is 5.34. The lowest BCUT2D eigenvalue weighted by atomic mass is 9.96. The minimum atomic E-state index is -1.22. The number of allylic oxidation sites excluding steroid dienone is 1. The van der Waals surface area contributed by atoms with Gasteiger partial charge >= 0.3 is 11.9 Å². The summed E-state index contributed by atoms with van der Waals surface area (Å²) < 4.78 is 9.38. The predicted molar refractivity (Wildman–Crippen MR) is 73.9 cm³/mol. The third-order valence-corrected chi connectivity index (χ3v) is 3.84. The standard InChI is InChI=1S/C15H24O5/c1-5-6-8-14(2,18)9-7-11-10-15(11,12(16)19-3)13(17)20-4/h7,9,11,18H,5-6,8,10H2,1-4H3. The number of ether oxygens (including phenoxy) is 2. The summed E-state index contributed by atoms with van der Waals surface area (Å²) in [5.41, 5.74) is -2.14. The minimum Gasteiger partial charge on any atom is -0.468 e. The Morgan fingerprint density at radius 2 is 1.90 bits per heavy atom. The Hall–Kier alpha value is -1.36. The Morgan fingerprint density at radius 1 is 1.35 bits per heavy atom. The Balaban J connectivity index is 2.75. The van der Waals surface area contributed by atoms with Crippen LogP contribution in [0.15, 0.2) is 12.2 Å². The van der Waals surface area contributed by atoms with Crippen LogP contribution < -0.4 is 0 Å². The molecule has 0 aromatic rings. The van der Waals surface area contributed by atoms with Gasteiger partial charge in [-0.1, -0.05) is 31.9 Å². The van der Waals surface area contributed by atoms with Crippen LogP contribution in [0.25, 0.3) is 0 Å². The summed E-state index contributed by atoms with van der Waals surface area (Å²) in [4.78, 5) is 23.6. The first-order valence-corrected chi connectivity index (χ1v) is 6.92. The smallest absolute Gasteiger partial charge is 0.323 e. The number of unbranched alkanes of at least 4 members (excludes halogenated alkanes) is 1. The van der Waals surface area contributed by atoms with Gasteiger partial charge in [0, 0.05) is 5.92 Å². The van der Waals surface area contributed by atoms with E-state index in [9.17, 15) is 14.7 Å². The number of esters is 2. The van der Waals surface area contributed by atoms with Crippen molar-refractivity contribution in [3.05, 3.63) is 12.2 Å². The number of carbonyl (C=O) groups excluding carboxylic acids is 2. The second-order valence-corrected chi connectivity index (χ2v) is 5.58. The van der Waals surface area contributed by atoms with E-state index in [4.69, 9.17) is 9.47 Å². The molecule has 1 aliphatic rings. The lowest BCUT2D eigenvalue weighted by Gasteiger charge is -2.18. The molecule has 1 saturated carbocycles. The van der Waals surface area contributed by atoms with E-state index in [1.54, 1.807) is 19.1 Å². The number of aliphatic hydroxyl groups is 1. The van der Waals surface area contributed by atoms with Gasteiger partial charge in [-0.25, -0.2) is 0 Å². The molecule has 0 aromatic heterocycles. The zero-order valence-corrected chi connectivity index (χ0v) is 12.6. The van der Waals surface area contributed by atoms with Gasteiger partial charge in [-0.2, -0.15) is 0 Å². The fourth-order valence-electron chi connectivity index (χ4n) is 2.38. The molecule has 1 aliphatic carbocycles. The maximum absolute atomic E-state index is 11.8. The molecule has 0 bridgehead atoms. The summed E-state index contributed by atoms with van der Waals surface area (Å²) in [6.45, 7) is 3.78. The summed E-state index contributed by atoms with van der Waals surface area (Å²) in [5, 5.41) is 10.2. The van der Waals surface area contributed by atoms with Crippen LogP contribution in [0, 0.1) is 11.3 Å². The van der Waals surface area contributed by atoms with Gasteiger partial charge in [0.05, 0.1) is 19.8 Å². The van der Waals surface area contributed by atoms with E-state index in [1.807, 2.05) is 0 Å². The fraction of sp³-hybridized carbons (Fsp3) is 0.733. The van der Waals surface area contributed by atoms with Gasteiger partial charge in [-0.15, -0.1) is 0 Å². The van der Waals surface area contributed by atoms with E-state index in [-0.39, 0.29) is 5.92 Å². The molecule has 2 atom stereocenters. The molecule has 1 fully saturated rings. The highest BCUT2D eigenvalue weighted by molar-refractivity contribution is 6.04. The zero-order valence-electron chi connectivity index (χ0n) is 12.6. The average Bonchev–Trinajstić information content (AvgIpc) is 3.17. The lowest BCUT2D eigenvalue weighted by Crippen LogP contribution is -2.30. The van der Waals surface area contributed by atoms with Crippen LogP contribution in [0.4, 0.5) is 0 Å². The minimum absolute atomic E-state index is 0.268. The molecule has 0 saturated heterocycles. The Labute approximate surface area is 119 Å². The van der Waals surface area contributed by atoms with Crippen LogP contribution in [0.2, 0.25) is 0 Å². The number of methoxy groups -OCH3 is 2. The third-order valence-electron chi connectivity index (χ3n) is 3.84. The van der Waals surface area contributed by atoms with Crippen molar-refractivity contribution in [1.29, 1.82) is 0 Å². The highest BCUT2D eigenvalue weighted by atomic mass is 16.5. The molecule has 0 aromatic carbocycles. The van der Waals surface area contributed by atoms with Crippen LogP contribution in [-0.4, -0.2) is 36.9 Å². The summed E-state index contributed by atoms with van der Waals surface area (Å²) >= 11 is 0. The second kappa shape index (κ2) is 6.39. The summed E-state index contributed by atoms with van der Waals surface area (Å²) in [6.07, 6.45) is 6.33. The van der Waals surface area contributed by atoms with Crippen molar-refractivity contribution in [2.75, 3.05) is 14.2 Å². The van der Waals surface area contributed by atoms with Gasteiger partial charge in [-0.05, 0) is 19.8 Å². The van der Waals surface area contributed by atoms with Gasteiger partial charge in [0.15, 0.2) is 5.41 Å². The molecule has 0 heterocycles. The predicted octanol–water partition coefficient (Wildman–Crippen LogP) is 1.84. The molecule has 20 heavy (non-hydrogen) atoms. The first-order valence-electron chi connectivity index (χ1n) is 6.92. The molecular weight excluding hydrogens is 260 g/mol. The number of rotatable bonds is 7. The van der Waals surface area contributed by atoms with Crippen LogP contribution in [0.1, 0.15) is 39.5 Å². The van der Waals surface area contributed by atoms with Crippen molar-refractivity contribution in [3.63, 3.8) is 0 Å². The number of hydrogen-bond acceptors (Lipinski definition) is 5.